The molecule has 1 saturated heterocycles. The van der Waals surface area contributed by atoms with E-state index in [0.717, 1.165) is 31.2 Å². The molecule has 1 aromatic rings. The summed E-state index contributed by atoms with van der Waals surface area (Å²) < 4.78 is 0. The van der Waals surface area contributed by atoms with E-state index < -0.39 is 0 Å². The Bertz CT molecular complexity index is 562. The molecule has 0 aliphatic carbocycles. The summed E-state index contributed by atoms with van der Waals surface area (Å²) in [4.78, 5) is 26.0. The van der Waals surface area contributed by atoms with Gasteiger partial charge in [-0.3, -0.25) is 9.59 Å². The first-order valence-electron chi connectivity index (χ1n) is 8.53. The van der Waals surface area contributed by atoms with Crippen LogP contribution in [0.2, 0.25) is 5.02 Å². The summed E-state index contributed by atoms with van der Waals surface area (Å²) in [6.07, 6.45) is 4.75. The van der Waals surface area contributed by atoms with Gasteiger partial charge in [-0.15, -0.1) is 0 Å². The maximum Gasteiger partial charge on any atom is 0.225 e. The number of nitrogens with one attached hydrogen (secondary N) is 1. The zero-order valence-corrected chi connectivity index (χ0v) is 14.9. The maximum atomic E-state index is 12.2. The summed E-state index contributed by atoms with van der Waals surface area (Å²) in [5, 5.41) is 3.69. The molecule has 2 atom stereocenters. The van der Waals surface area contributed by atoms with Crippen LogP contribution in [-0.2, 0) is 9.59 Å². The Morgan fingerprint density at radius 1 is 1.25 bits per heavy atom. The van der Waals surface area contributed by atoms with Crippen LogP contribution in [0.25, 0.3) is 0 Å². The molecule has 1 heterocycles. The van der Waals surface area contributed by atoms with Gasteiger partial charge in [0.25, 0.3) is 0 Å². The Hall–Kier alpha value is -1.59. The Labute approximate surface area is 148 Å². The Balaban J connectivity index is 1.93. The van der Waals surface area contributed by atoms with Crippen molar-refractivity contribution in [1.82, 2.24) is 10.2 Å². The number of amides is 2. The van der Waals surface area contributed by atoms with Crippen molar-refractivity contribution < 1.29 is 9.59 Å². The van der Waals surface area contributed by atoms with Crippen LogP contribution < -0.4 is 11.1 Å². The predicted molar refractivity (Wildman–Crippen MR) is 95.7 cm³/mol. The van der Waals surface area contributed by atoms with Gasteiger partial charge in [-0.05, 0) is 37.1 Å². The lowest BCUT2D eigenvalue weighted by Crippen LogP contribution is -2.38. The summed E-state index contributed by atoms with van der Waals surface area (Å²) in [7, 11) is 1.78. The number of carbonyl (C=O) groups excluding carboxylic acids is 2. The van der Waals surface area contributed by atoms with Crippen LogP contribution in [0.4, 0.5) is 0 Å². The van der Waals surface area contributed by atoms with E-state index in [1.165, 1.54) is 0 Å². The van der Waals surface area contributed by atoms with Crippen LogP contribution in [0.3, 0.4) is 0 Å². The molecule has 1 aliphatic heterocycles. The van der Waals surface area contributed by atoms with E-state index in [0.29, 0.717) is 24.4 Å². The van der Waals surface area contributed by atoms with Gasteiger partial charge < -0.3 is 16.0 Å². The second kappa shape index (κ2) is 9.04. The molecule has 0 saturated carbocycles. The molecule has 3 N–H and O–H groups in total. The Morgan fingerprint density at radius 3 is 2.58 bits per heavy atom. The minimum Gasteiger partial charge on any atom is -0.350 e. The van der Waals surface area contributed by atoms with Gasteiger partial charge in [0.2, 0.25) is 11.8 Å². The normalized spacial score (nSPS) is 20.5. The second-order valence-electron chi connectivity index (χ2n) is 6.33. The van der Waals surface area contributed by atoms with Crippen molar-refractivity contribution in [1.29, 1.82) is 0 Å². The Kier molecular flexibility index (Phi) is 7.06. The molecule has 1 fully saturated rings. The number of benzene rings is 1. The molecule has 0 spiro atoms. The SMILES string of the molecule is CN1C(=O)C[C@H](NC(=O)CCCCCCN)[C@H]1c1ccc(Cl)cc1. The lowest BCUT2D eigenvalue weighted by molar-refractivity contribution is -0.127. The molecule has 2 amide bonds. The fraction of sp³-hybridized carbons (Fsp3) is 0.556. The van der Waals surface area contributed by atoms with E-state index in [1.54, 1.807) is 11.9 Å². The minimum absolute atomic E-state index is 0.00909. The summed E-state index contributed by atoms with van der Waals surface area (Å²) >= 11 is 5.94. The van der Waals surface area contributed by atoms with Crippen LogP contribution in [0, 0.1) is 0 Å². The van der Waals surface area contributed by atoms with E-state index in [-0.39, 0.29) is 23.9 Å². The zero-order chi connectivity index (χ0) is 17.5. The number of nitrogens with two attached hydrogens (primary N) is 1. The summed E-state index contributed by atoms with van der Waals surface area (Å²) in [5.74, 6) is 0.0537. The van der Waals surface area contributed by atoms with E-state index >= 15 is 0 Å². The van der Waals surface area contributed by atoms with Crippen molar-refractivity contribution in [2.45, 2.75) is 50.6 Å². The highest BCUT2D eigenvalue weighted by Crippen LogP contribution is 2.32. The fourth-order valence-corrected chi connectivity index (χ4v) is 3.30. The molecule has 0 aromatic heterocycles. The molecular formula is C18H26ClN3O2. The number of carbonyl (C=O) groups is 2. The number of halogens is 1. The predicted octanol–water partition coefficient (Wildman–Crippen LogP) is 2.64. The van der Waals surface area contributed by atoms with Crippen molar-refractivity contribution in [2.24, 2.45) is 5.73 Å². The van der Waals surface area contributed by atoms with Gasteiger partial charge in [0, 0.05) is 24.9 Å². The van der Waals surface area contributed by atoms with Crippen molar-refractivity contribution >= 4 is 23.4 Å². The zero-order valence-electron chi connectivity index (χ0n) is 14.1. The third-order valence-electron chi connectivity index (χ3n) is 4.50. The third-order valence-corrected chi connectivity index (χ3v) is 4.75. The monoisotopic (exact) mass is 351 g/mol. The summed E-state index contributed by atoms with van der Waals surface area (Å²) in [6.45, 7) is 0.700. The number of rotatable bonds is 8. The number of unbranched alkanes of at least 4 members (excludes halogenated alkanes) is 3. The van der Waals surface area contributed by atoms with Gasteiger partial charge in [-0.2, -0.15) is 0 Å². The molecule has 0 bridgehead atoms. The van der Waals surface area contributed by atoms with Gasteiger partial charge in [0.05, 0.1) is 12.1 Å². The molecule has 0 radical (unpaired) electrons. The standard InChI is InChI=1S/C18H26ClN3O2/c1-22-17(24)12-15(18(22)13-7-9-14(19)10-8-13)21-16(23)6-4-2-3-5-11-20/h7-10,15,18H,2-6,11-12,20H2,1H3,(H,21,23)/t15-,18+/m0/s1. The maximum absolute atomic E-state index is 12.2. The smallest absolute Gasteiger partial charge is 0.225 e. The molecule has 2 rings (SSSR count). The van der Waals surface area contributed by atoms with E-state index in [9.17, 15) is 9.59 Å². The van der Waals surface area contributed by atoms with Gasteiger partial charge in [-0.1, -0.05) is 36.6 Å². The number of likely N-dealkylation sites (N-methyl/N-ethyl adjacent to an activating group) is 1. The second-order valence-corrected chi connectivity index (χ2v) is 6.77. The molecule has 5 nitrogen and oxygen atoms in total. The van der Waals surface area contributed by atoms with Crippen molar-refractivity contribution in [3.05, 3.63) is 34.9 Å². The highest BCUT2D eigenvalue weighted by molar-refractivity contribution is 6.30. The first-order valence-corrected chi connectivity index (χ1v) is 8.91. The van der Waals surface area contributed by atoms with Crippen LogP contribution in [0.1, 0.15) is 50.1 Å². The lowest BCUT2D eigenvalue weighted by Gasteiger charge is -2.26. The minimum atomic E-state index is -0.194. The highest BCUT2D eigenvalue weighted by atomic mass is 35.5. The van der Waals surface area contributed by atoms with Gasteiger partial charge >= 0.3 is 0 Å². The lowest BCUT2D eigenvalue weighted by atomic mass is 10.00. The van der Waals surface area contributed by atoms with Crippen LogP contribution in [0.15, 0.2) is 24.3 Å². The van der Waals surface area contributed by atoms with Crippen molar-refractivity contribution in [3.8, 4) is 0 Å². The number of hydrogen-bond donors (Lipinski definition) is 2. The van der Waals surface area contributed by atoms with E-state index in [2.05, 4.69) is 5.32 Å². The third kappa shape index (κ3) is 4.95. The molecule has 1 aromatic carbocycles. The first-order chi connectivity index (χ1) is 11.5. The largest absolute Gasteiger partial charge is 0.350 e. The van der Waals surface area contributed by atoms with E-state index in [4.69, 9.17) is 17.3 Å². The molecule has 6 heteroatoms. The first kappa shape index (κ1) is 18.7. The van der Waals surface area contributed by atoms with Gasteiger partial charge in [0.1, 0.15) is 0 Å². The quantitative estimate of drug-likeness (QED) is 0.707. The number of hydrogen-bond acceptors (Lipinski definition) is 3. The summed E-state index contributed by atoms with van der Waals surface area (Å²) in [6, 6.07) is 7.10. The Morgan fingerprint density at radius 2 is 1.92 bits per heavy atom. The number of likely N-dealkylation sites (tertiary alicyclic amines) is 1. The van der Waals surface area contributed by atoms with Crippen LogP contribution >= 0.6 is 11.6 Å². The molecule has 1 aliphatic rings. The van der Waals surface area contributed by atoms with Crippen molar-refractivity contribution in [2.75, 3.05) is 13.6 Å². The van der Waals surface area contributed by atoms with E-state index in [1.807, 2.05) is 24.3 Å². The highest BCUT2D eigenvalue weighted by Gasteiger charge is 2.39. The van der Waals surface area contributed by atoms with Crippen molar-refractivity contribution in [3.63, 3.8) is 0 Å². The van der Waals surface area contributed by atoms with Gasteiger partial charge in [0.15, 0.2) is 0 Å². The topological polar surface area (TPSA) is 75.4 Å². The average Bonchev–Trinajstić information content (AvgIpc) is 2.82. The molecule has 0 unspecified atom stereocenters. The van der Waals surface area contributed by atoms with Gasteiger partial charge in [-0.25, -0.2) is 0 Å². The fourth-order valence-electron chi connectivity index (χ4n) is 3.18. The average molecular weight is 352 g/mol. The molecule has 24 heavy (non-hydrogen) atoms. The molecule has 132 valence electrons. The summed E-state index contributed by atoms with van der Waals surface area (Å²) in [5.41, 5.74) is 6.45. The van der Waals surface area contributed by atoms with Crippen LogP contribution in [-0.4, -0.2) is 36.3 Å². The molecular weight excluding hydrogens is 326 g/mol. The van der Waals surface area contributed by atoms with Crippen LogP contribution in [0.5, 0.6) is 0 Å². The number of nitrogens with zero attached hydrogens (tertiary/aromatic N) is 1.